The highest BCUT2D eigenvalue weighted by atomic mass is 16.2. The molecular weight excluding hydrogens is 226 g/mol. The van der Waals surface area contributed by atoms with Gasteiger partial charge in [-0.15, -0.1) is 0 Å². The van der Waals surface area contributed by atoms with Gasteiger partial charge >= 0.3 is 0 Å². The summed E-state index contributed by atoms with van der Waals surface area (Å²) in [5.41, 5.74) is 1.42. The number of amides is 1. The van der Waals surface area contributed by atoms with Gasteiger partial charge < -0.3 is 10.2 Å². The highest BCUT2D eigenvalue weighted by Crippen LogP contribution is 2.19. The van der Waals surface area contributed by atoms with Crippen LogP contribution in [0.5, 0.6) is 0 Å². The zero-order chi connectivity index (χ0) is 13.0. The lowest BCUT2D eigenvalue weighted by Gasteiger charge is -2.28. The van der Waals surface area contributed by atoms with E-state index in [1.807, 2.05) is 19.1 Å². The van der Waals surface area contributed by atoms with Crippen LogP contribution in [0.3, 0.4) is 0 Å². The number of anilines is 1. The van der Waals surface area contributed by atoms with Crippen molar-refractivity contribution in [3.63, 3.8) is 0 Å². The van der Waals surface area contributed by atoms with Crippen LogP contribution in [0.1, 0.15) is 18.9 Å². The van der Waals surface area contributed by atoms with E-state index >= 15 is 0 Å². The summed E-state index contributed by atoms with van der Waals surface area (Å²) >= 11 is 0. The van der Waals surface area contributed by atoms with Crippen molar-refractivity contribution in [1.82, 2.24) is 5.32 Å². The van der Waals surface area contributed by atoms with Crippen LogP contribution in [0.2, 0.25) is 0 Å². The Hall–Kier alpha value is -1.86. The Morgan fingerprint density at radius 3 is 3.11 bits per heavy atom. The largest absolute Gasteiger partial charge is 0.316 e. The van der Waals surface area contributed by atoms with Gasteiger partial charge in [-0.05, 0) is 31.2 Å². The summed E-state index contributed by atoms with van der Waals surface area (Å²) < 4.78 is 0. The zero-order valence-corrected chi connectivity index (χ0v) is 10.5. The fourth-order valence-corrected chi connectivity index (χ4v) is 2.14. The molecule has 18 heavy (non-hydrogen) atoms. The fraction of sp³-hybridized carbons (Fsp3) is 0.429. The minimum absolute atomic E-state index is 0.0314. The van der Waals surface area contributed by atoms with Crippen molar-refractivity contribution in [2.45, 2.75) is 13.3 Å². The molecule has 0 saturated carbocycles. The van der Waals surface area contributed by atoms with E-state index in [1.165, 1.54) is 0 Å². The number of nitrogens with one attached hydrogen (secondary N) is 1. The maximum atomic E-state index is 12.3. The molecule has 1 N–H and O–H groups in total. The second kappa shape index (κ2) is 5.65. The van der Waals surface area contributed by atoms with Gasteiger partial charge in [0.25, 0.3) is 0 Å². The number of nitrogens with zero attached hydrogens (tertiary/aromatic N) is 2. The Balaban J connectivity index is 2.27. The van der Waals surface area contributed by atoms with Crippen LogP contribution in [-0.4, -0.2) is 25.5 Å². The number of carbonyl (C=O) groups excluding carboxylic acids is 1. The molecule has 1 aromatic carbocycles. The Kier molecular flexibility index (Phi) is 3.96. The minimum atomic E-state index is -0.0314. The number of benzene rings is 1. The Morgan fingerprint density at radius 2 is 2.33 bits per heavy atom. The SMILES string of the molecule is CC1CNCCCN(c2cccc(C#N)c2)C1=O. The molecule has 0 radical (unpaired) electrons. The van der Waals surface area contributed by atoms with Gasteiger partial charge in [0.1, 0.15) is 0 Å². The van der Waals surface area contributed by atoms with Crippen LogP contribution in [-0.2, 0) is 4.79 Å². The fourth-order valence-electron chi connectivity index (χ4n) is 2.14. The molecule has 0 aromatic heterocycles. The van der Waals surface area contributed by atoms with Crippen LogP contribution < -0.4 is 10.2 Å². The average Bonchev–Trinajstić information content (AvgIpc) is 2.40. The standard InChI is InChI=1S/C14H17N3O/c1-11-10-16-6-3-7-17(14(11)18)13-5-2-4-12(8-13)9-15/h2,4-5,8,11,16H,3,6-7,10H2,1H3. The van der Waals surface area contributed by atoms with Gasteiger partial charge in [-0.1, -0.05) is 13.0 Å². The van der Waals surface area contributed by atoms with Crippen molar-refractivity contribution in [2.24, 2.45) is 5.92 Å². The molecule has 4 heteroatoms. The molecule has 1 fully saturated rings. The first-order valence-corrected chi connectivity index (χ1v) is 6.24. The smallest absolute Gasteiger partial charge is 0.231 e. The second-order valence-electron chi connectivity index (χ2n) is 4.61. The highest BCUT2D eigenvalue weighted by Gasteiger charge is 2.23. The molecule has 2 rings (SSSR count). The Labute approximate surface area is 107 Å². The molecule has 1 atom stereocenters. The van der Waals surface area contributed by atoms with Gasteiger partial charge in [0, 0.05) is 24.7 Å². The molecule has 1 aliphatic heterocycles. The zero-order valence-electron chi connectivity index (χ0n) is 10.5. The molecule has 0 bridgehead atoms. The lowest BCUT2D eigenvalue weighted by Crippen LogP contribution is -2.43. The van der Waals surface area contributed by atoms with E-state index in [0.717, 1.165) is 18.7 Å². The van der Waals surface area contributed by atoms with Crippen molar-refractivity contribution >= 4 is 11.6 Å². The van der Waals surface area contributed by atoms with Crippen molar-refractivity contribution in [1.29, 1.82) is 5.26 Å². The molecular formula is C14H17N3O. The van der Waals surface area contributed by atoms with Crippen molar-refractivity contribution < 1.29 is 4.79 Å². The van der Waals surface area contributed by atoms with Crippen molar-refractivity contribution in [2.75, 3.05) is 24.5 Å². The molecule has 1 amide bonds. The quantitative estimate of drug-likeness (QED) is 0.813. The maximum absolute atomic E-state index is 12.3. The monoisotopic (exact) mass is 243 g/mol. The lowest BCUT2D eigenvalue weighted by atomic mass is 10.1. The average molecular weight is 243 g/mol. The van der Waals surface area contributed by atoms with Crippen LogP contribution in [0.25, 0.3) is 0 Å². The number of carbonyl (C=O) groups is 1. The number of nitriles is 1. The van der Waals surface area contributed by atoms with E-state index < -0.39 is 0 Å². The van der Waals surface area contributed by atoms with E-state index in [4.69, 9.17) is 5.26 Å². The van der Waals surface area contributed by atoms with E-state index in [-0.39, 0.29) is 11.8 Å². The highest BCUT2D eigenvalue weighted by molar-refractivity contribution is 5.95. The molecule has 1 heterocycles. The summed E-state index contributed by atoms with van der Waals surface area (Å²) in [4.78, 5) is 14.1. The third-order valence-electron chi connectivity index (χ3n) is 3.16. The van der Waals surface area contributed by atoms with E-state index in [9.17, 15) is 4.79 Å². The summed E-state index contributed by atoms with van der Waals surface area (Å²) in [6, 6.07) is 9.35. The van der Waals surface area contributed by atoms with Crippen LogP contribution in [0, 0.1) is 17.2 Å². The third kappa shape index (κ3) is 2.69. The predicted molar refractivity (Wildman–Crippen MR) is 70.2 cm³/mol. The molecule has 4 nitrogen and oxygen atoms in total. The maximum Gasteiger partial charge on any atom is 0.231 e. The molecule has 1 aromatic rings. The number of rotatable bonds is 1. The number of hydrogen-bond acceptors (Lipinski definition) is 3. The first-order valence-electron chi connectivity index (χ1n) is 6.24. The summed E-state index contributed by atoms with van der Waals surface area (Å²) in [5.74, 6) is 0.0910. The first kappa shape index (κ1) is 12.6. The summed E-state index contributed by atoms with van der Waals surface area (Å²) in [7, 11) is 0. The van der Waals surface area contributed by atoms with Crippen molar-refractivity contribution in [3.05, 3.63) is 29.8 Å². The topological polar surface area (TPSA) is 56.1 Å². The Morgan fingerprint density at radius 1 is 1.50 bits per heavy atom. The molecule has 1 unspecified atom stereocenters. The Bertz CT molecular complexity index is 478. The van der Waals surface area contributed by atoms with E-state index in [1.54, 1.807) is 17.0 Å². The van der Waals surface area contributed by atoms with Crippen LogP contribution >= 0.6 is 0 Å². The first-order chi connectivity index (χ1) is 8.72. The van der Waals surface area contributed by atoms with Gasteiger partial charge in [0.05, 0.1) is 11.6 Å². The molecule has 94 valence electrons. The minimum Gasteiger partial charge on any atom is -0.316 e. The normalized spacial score (nSPS) is 21.0. The van der Waals surface area contributed by atoms with Crippen molar-refractivity contribution in [3.8, 4) is 6.07 Å². The predicted octanol–water partition coefficient (Wildman–Crippen LogP) is 1.52. The molecule has 0 aliphatic carbocycles. The van der Waals surface area contributed by atoms with E-state index in [2.05, 4.69) is 11.4 Å². The van der Waals surface area contributed by atoms with Crippen LogP contribution in [0.4, 0.5) is 5.69 Å². The van der Waals surface area contributed by atoms with Gasteiger partial charge in [-0.2, -0.15) is 5.26 Å². The van der Waals surface area contributed by atoms with E-state index in [0.29, 0.717) is 18.7 Å². The van der Waals surface area contributed by atoms with Gasteiger partial charge in [-0.3, -0.25) is 4.79 Å². The third-order valence-corrected chi connectivity index (χ3v) is 3.16. The molecule has 1 saturated heterocycles. The lowest BCUT2D eigenvalue weighted by molar-refractivity contribution is -0.122. The molecule has 0 spiro atoms. The summed E-state index contributed by atoms with van der Waals surface area (Å²) in [6.45, 7) is 4.27. The second-order valence-corrected chi connectivity index (χ2v) is 4.61. The summed E-state index contributed by atoms with van der Waals surface area (Å²) in [6.07, 6.45) is 0.926. The number of hydrogen-bond donors (Lipinski definition) is 1. The van der Waals surface area contributed by atoms with Gasteiger partial charge in [0.15, 0.2) is 0 Å². The van der Waals surface area contributed by atoms with Gasteiger partial charge in [-0.25, -0.2) is 0 Å². The summed E-state index contributed by atoms with van der Waals surface area (Å²) in [5, 5.41) is 12.2. The van der Waals surface area contributed by atoms with Gasteiger partial charge in [0.2, 0.25) is 5.91 Å². The molecule has 1 aliphatic rings. The van der Waals surface area contributed by atoms with Crippen LogP contribution in [0.15, 0.2) is 24.3 Å².